The Bertz CT molecular complexity index is 412. The number of aliphatic hydroxyl groups excluding tert-OH is 1. The summed E-state index contributed by atoms with van der Waals surface area (Å²) in [5.41, 5.74) is 1.01. The second-order valence-electron chi connectivity index (χ2n) is 4.44. The first-order valence-corrected chi connectivity index (χ1v) is 7.46. The van der Waals surface area contributed by atoms with E-state index in [4.69, 9.17) is 21.1 Å². The molecule has 0 saturated heterocycles. The van der Waals surface area contributed by atoms with Gasteiger partial charge in [-0.25, -0.2) is 0 Å². The van der Waals surface area contributed by atoms with Crippen molar-refractivity contribution in [3.63, 3.8) is 0 Å². The Balaban J connectivity index is 0.00000400. The number of rotatable bonds is 9. The molecule has 0 saturated carbocycles. The van der Waals surface area contributed by atoms with Gasteiger partial charge in [0.15, 0.2) is 11.5 Å². The highest BCUT2D eigenvalue weighted by atomic mass is 35.5. The minimum Gasteiger partial charge on any atom is -0.490 e. The third-order valence-corrected chi connectivity index (χ3v) is 3.25. The zero-order valence-corrected chi connectivity index (χ0v) is 14.4. The third kappa shape index (κ3) is 6.30. The van der Waals surface area contributed by atoms with Gasteiger partial charge in [0.05, 0.1) is 24.8 Å². The molecule has 0 heterocycles. The Morgan fingerprint density at radius 1 is 1.19 bits per heavy atom. The van der Waals surface area contributed by atoms with Crippen LogP contribution in [0.15, 0.2) is 12.1 Å². The maximum atomic E-state index is 9.18. The van der Waals surface area contributed by atoms with Crippen molar-refractivity contribution in [2.45, 2.75) is 39.8 Å². The molecule has 1 unspecified atom stereocenters. The molecule has 0 aliphatic carbocycles. The first kappa shape index (κ1) is 20.3. The average Bonchev–Trinajstić information content (AvgIpc) is 2.44. The smallest absolute Gasteiger partial charge is 0.179 e. The van der Waals surface area contributed by atoms with Gasteiger partial charge < -0.3 is 19.9 Å². The molecule has 21 heavy (non-hydrogen) atoms. The van der Waals surface area contributed by atoms with Gasteiger partial charge in [0.25, 0.3) is 0 Å². The van der Waals surface area contributed by atoms with Gasteiger partial charge in [-0.2, -0.15) is 0 Å². The number of aliphatic hydroxyl groups is 1. The Morgan fingerprint density at radius 3 is 2.38 bits per heavy atom. The molecule has 2 N–H and O–H groups in total. The molecule has 0 aromatic heterocycles. The molecule has 0 radical (unpaired) electrons. The van der Waals surface area contributed by atoms with E-state index in [1.807, 2.05) is 32.9 Å². The van der Waals surface area contributed by atoms with E-state index in [-0.39, 0.29) is 25.1 Å². The fraction of sp³-hybridized carbons (Fsp3) is 0.600. The molecule has 1 rings (SSSR count). The van der Waals surface area contributed by atoms with Crippen LogP contribution >= 0.6 is 24.0 Å². The zero-order valence-electron chi connectivity index (χ0n) is 12.8. The summed E-state index contributed by atoms with van der Waals surface area (Å²) in [4.78, 5) is 0. The lowest BCUT2D eigenvalue weighted by Crippen LogP contribution is -2.31. The van der Waals surface area contributed by atoms with Crippen molar-refractivity contribution in [1.82, 2.24) is 5.32 Å². The van der Waals surface area contributed by atoms with Gasteiger partial charge in [0.2, 0.25) is 0 Å². The number of hydrogen-bond acceptors (Lipinski definition) is 4. The third-order valence-electron chi connectivity index (χ3n) is 2.97. The summed E-state index contributed by atoms with van der Waals surface area (Å²) in [5, 5.41) is 13.0. The highest BCUT2D eigenvalue weighted by Gasteiger charge is 2.13. The predicted molar refractivity (Wildman–Crippen MR) is 89.0 cm³/mol. The van der Waals surface area contributed by atoms with Crippen molar-refractivity contribution >= 4 is 24.0 Å². The van der Waals surface area contributed by atoms with Crippen molar-refractivity contribution < 1.29 is 14.6 Å². The molecule has 0 amide bonds. The highest BCUT2D eigenvalue weighted by Crippen LogP contribution is 2.36. The molecule has 1 aromatic rings. The fourth-order valence-electron chi connectivity index (χ4n) is 1.87. The van der Waals surface area contributed by atoms with Crippen LogP contribution in [0.1, 0.15) is 32.8 Å². The van der Waals surface area contributed by atoms with Gasteiger partial charge in [-0.15, -0.1) is 12.4 Å². The molecule has 6 heteroatoms. The fourth-order valence-corrected chi connectivity index (χ4v) is 2.16. The molecule has 1 atom stereocenters. The quantitative estimate of drug-likeness (QED) is 0.724. The van der Waals surface area contributed by atoms with Gasteiger partial charge in [0, 0.05) is 12.6 Å². The van der Waals surface area contributed by atoms with Crippen LogP contribution in [0.2, 0.25) is 5.02 Å². The van der Waals surface area contributed by atoms with E-state index < -0.39 is 0 Å². The zero-order chi connectivity index (χ0) is 15.0. The molecule has 0 fully saturated rings. The van der Waals surface area contributed by atoms with Crippen LogP contribution in [0.3, 0.4) is 0 Å². The molecule has 0 bridgehead atoms. The summed E-state index contributed by atoms with van der Waals surface area (Å²) >= 11 is 6.25. The summed E-state index contributed by atoms with van der Waals surface area (Å²) in [6, 6.07) is 3.89. The van der Waals surface area contributed by atoms with Gasteiger partial charge in [-0.1, -0.05) is 18.5 Å². The molecular formula is C15H25Cl2NO3. The van der Waals surface area contributed by atoms with Crippen LogP contribution in [-0.2, 0) is 6.54 Å². The molecule has 0 spiro atoms. The topological polar surface area (TPSA) is 50.7 Å². The van der Waals surface area contributed by atoms with Crippen LogP contribution in [-0.4, -0.2) is 31.0 Å². The van der Waals surface area contributed by atoms with Crippen LogP contribution in [0, 0.1) is 0 Å². The van der Waals surface area contributed by atoms with E-state index >= 15 is 0 Å². The van der Waals surface area contributed by atoms with E-state index in [9.17, 15) is 5.11 Å². The Kier molecular flexibility index (Phi) is 10.6. The Morgan fingerprint density at radius 2 is 1.86 bits per heavy atom. The van der Waals surface area contributed by atoms with Gasteiger partial charge in [-0.05, 0) is 38.0 Å². The first-order valence-electron chi connectivity index (χ1n) is 7.08. The summed E-state index contributed by atoms with van der Waals surface area (Å²) in [7, 11) is 0. The van der Waals surface area contributed by atoms with Crippen molar-refractivity contribution in [3.05, 3.63) is 22.7 Å². The monoisotopic (exact) mass is 337 g/mol. The first-order chi connectivity index (χ1) is 9.65. The van der Waals surface area contributed by atoms with E-state index in [2.05, 4.69) is 5.32 Å². The standard InChI is InChI=1S/C15H24ClNO3.ClH/c1-4-12(10-18)17-9-11-7-13(16)15(20-6-3)14(8-11)19-5-2;/h7-8,12,17-18H,4-6,9-10H2,1-3H3;1H. The number of halogens is 2. The molecule has 0 aliphatic rings. The van der Waals surface area contributed by atoms with Crippen molar-refractivity contribution in [2.24, 2.45) is 0 Å². The summed E-state index contributed by atoms with van der Waals surface area (Å²) in [6.07, 6.45) is 0.875. The van der Waals surface area contributed by atoms with Crippen molar-refractivity contribution in [2.75, 3.05) is 19.8 Å². The number of hydrogen-bond donors (Lipinski definition) is 2. The molecule has 4 nitrogen and oxygen atoms in total. The molecule has 1 aromatic carbocycles. The van der Waals surface area contributed by atoms with Crippen molar-refractivity contribution in [1.29, 1.82) is 0 Å². The molecular weight excluding hydrogens is 313 g/mol. The number of nitrogens with one attached hydrogen (secondary N) is 1. The van der Waals surface area contributed by atoms with E-state index in [1.165, 1.54) is 0 Å². The summed E-state index contributed by atoms with van der Waals surface area (Å²) in [5.74, 6) is 1.25. The van der Waals surface area contributed by atoms with E-state index in [0.717, 1.165) is 12.0 Å². The van der Waals surface area contributed by atoms with Gasteiger partial charge in [0.1, 0.15) is 0 Å². The molecule has 122 valence electrons. The minimum absolute atomic E-state index is 0. The SMILES string of the molecule is CCOc1cc(CNC(CC)CO)cc(Cl)c1OCC.Cl. The lowest BCUT2D eigenvalue weighted by atomic mass is 10.1. The lowest BCUT2D eigenvalue weighted by molar-refractivity contribution is 0.238. The second-order valence-corrected chi connectivity index (χ2v) is 4.85. The minimum atomic E-state index is 0. The van der Waals surface area contributed by atoms with Gasteiger partial charge >= 0.3 is 0 Å². The Hall–Kier alpha value is -0.680. The number of benzene rings is 1. The largest absolute Gasteiger partial charge is 0.490 e. The average molecular weight is 338 g/mol. The van der Waals surface area contributed by atoms with E-state index in [1.54, 1.807) is 0 Å². The number of ether oxygens (including phenoxy) is 2. The van der Waals surface area contributed by atoms with Crippen LogP contribution < -0.4 is 14.8 Å². The molecule has 0 aliphatic heterocycles. The Labute approximate surface area is 138 Å². The van der Waals surface area contributed by atoms with Crippen molar-refractivity contribution in [3.8, 4) is 11.5 Å². The maximum Gasteiger partial charge on any atom is 0.179 e. The second kappa shape index (κ2) is 11.0. The van der Waals surface area contributed by atoms with Crippen LogP contribution in [0.5, 0.6) is 11.5 Å². The van der Waals surface area contributed by atoms with Crippen LogP contribution in [0.25, 0.3) is 0 Å². The lowest BCUT2D eigenvalue weighted by Gasteiger charge is -2.17. The summed E-state index contributed by atoms with van der Waals surface area (Å²) < 4.78 is 11.1. The maximum absolute atomic E-state index is 9.18. The van der Waals surface area contributed by atoms with E-state index in [0.29, 0.717) is 36.3 Å². The summed E-state index contributed by atoms with van der Waals surface area (Å²) in [6.45, 7) is 7.72. The van der Waals surface area contributed by atoms with Gasteiger partial charge in [-0.3, -0.25) is 0 Å². The highest BCUT2D eigenvalue weighted by molar-refractivity contribution is 6.32. The predicted octanol–water partition coefficient (Wildman–Crippen LogP) is 3.42. The van der Waals surface area contributed by atoms with Crippen LogP contribution in [0.4, 0.5) is 0 Å². The normalized spacial score (nSPS) is 11.7.